The van der Waals surface area contributed by atoms with Crippen molar-refractivity contribution in [3.05, 3.63) is 35.8 Å². The number of rotatable bonds is 2. The lowest BCUT2D eigenvalue weighted by molar-refractivity contribution is 0.288. The fourth-order valence-electron chi connectivity index (χ4n) is 3.41. The van der Waals surface area contributed by atoms with Gasteiger partial charge in [-0.3, -0.25) is 0 Å². The molecule has 3 rings (SSSR count). The van der Waals surface area contributed by atoms with Crippen LogP contribution in [0.2, 0.25) is 0 Å². The Hall–Kier alpha value is -1.38. The Morgan fingerprint density at radius 2 is 2.06 bits per heavy atom. The summed E-state index contributed by atoms with van der Waals surface area (Å²) in [7, 11) is 0. The lowest BCUT2D eigenvalue weighted by Crippen LogP contribution is -2.40. The van der Waals surface area contributed by atoms with E-state index in [9.17, 15) is 0 Å². The summed E-state index contributed by atoms with van der Waals surface area (Å²) >= 11 is 0. The zero-order valence-corrected chi connectivity index (χ0v) is 11.6. The van der Waals surface area contributed by atoms with E-state index in [1.807, 2.05) is 0 Å². The van der Waals surface area contributed by atoms with E-state index in [4.69, 9.17) is 0 Å². The van der Waals surface area contributed by atoms with Crippen molar-refractivity contribution >= 4 is 0 Å². The molecule has 0 aliphatic carbocycles. The normalized spacial score (nSPS) is 34.9. The molecule has 18 heavy (non-hydrogen) atoms. The molecular formula is C15H23N3. The minimum Gasteiger partial charge on any atom is -0.386 e. The van der Waals surface area contributed by atoms with Crippen molar-refractivity contribution in [3.8, 4) is 0 Å². The summed E-state index contributed by atoms with van der Waals surface area (Å²) in [4.78, 5) is 5.09. The van der Waals surface area contributed by atoms with Crippen LogP contribution in [0.15, 0.2) is 35.8 Å². The smallest absolute Gasteiger partial charge is 0.0686 e. The predicted molar refractivity (Wildman–Crippen MR) is 74.9 cm³/mol. The minimum absolute atomic E-state index is 0.522. The standard InChI is InChI=1S/C15H23N3/c1-11-5-4-9-17(11)15-7-10-18(13(15)3)14-6-8-16-12(14)2/h4-6,8,11-12,14,16H,7,9-10H2,1-3H3. The van der Waals surface area contributed by atoms with Gasteiger partial charge in [-0.1, -0.05) is 12.2 Å². The van der Waals surface area contributed by atoms with E-state index in [0.717, 1.165) is 13.1 Å². The van der Waals surface area contributed by atoms with Crippen LogP contribution >= 0.6 is 0 Å². The molecule has 0 aromatic heterocycles. The number of nitrogens with one attached hydrogen (secondary N) is 1. The van der Waals surface area contributed by atoms with E-state index in [1.54, 1.807) is 5.70 Å². The second-order valence-corrected chi connectivity index (χ2v) is 5.60. The molecule has 0 saturated heterocycles. The molecule has 3 aliphatic heterocycles. The van der Waals surface area contributed by atoms with Crippen molar-refractivity contribution in [2.24, 2.45) is 0 Å². The van der Waals surface area contributed by atoms with Crippen LogP contribution in [0.3, 0.4) is 0 Å². The Morgan fingerprint density at radius 1 is 1.22 bits per heavy atom. The van der Waals surface area contributed by atoms with Gasteiger partial charge in [0.05, 0.1) is 6.04 Å². The highest BCUT2D eigenvalue weighted by atomic mass is 15.3. The molecule has 0 aromatic rings. The van der Waals surface area contributed by atoms with E-state index >= 15 is 0 Å². The van der Waals surface area contributed by atoms with Crippen LogP contribution in [0.1, 0.15) is 27.2 Å². The van der Waals surface area contributed by atoms with Crippen molar-refractivity contribution in [3.63, 3.8) is 0 Å². The minimum atomic E-state index is 0.522. The average molecular weight is 245 g/mol. The van der Waals surface area contributed by atoms with Gasteiger partial charge in [0.1, 0.15) is 0 Å². The molecule has 0 aromatic carbocycles. The van der Waals surface area contributed by atoms with Crippen molar-refractivity contribution in [1.29, 1.82) is 0 Å². The fourth-order valence-corrected chi connectivity index (χ4v) is 3.41. The molecule has 0 bridgehead atoms. The van der Waals surface area contributed by atoms with Gasteiger partial charge in [-0.15, -0.1) is 0 Å². The molecule has 3 heterocycles. The highest BCUT2D eigenvalue weighted by molar-refractivity contribution is 5.25. The quantitative estimate of drug-likeness (QED) is 0.751. The molecule has 0 amide bonds. The van der Waals surface area contributed by atoms with E-state index in [2.05, 4.69) is 60.3 Å². The second-order valence-electron chi connectivity index (χ2n) is 5.60. The molecule has 0 fully saturated rings. The van der Waals surface area contributed by atoms with E-state index in [1.165, 1.54) is 12.1 Å². The largest absolute Gasteiger partial charge is 0.386 e. The Morgan fingerprint density at radius 3 is 2.67 bits per heavy atom. The Labute approximate surface area is 110 Å². The van der Waals surface area contributed by atoms with Crippen LogP contribution < -0.4 is 5.32 Å². The first-order chi connectivity index (χ1) is 8.68. The summed E-state index contributed by atoms with van der Waals surface area (Å²) in [6, 6.07) is 1.60. The molecule has 1 N–H and O–H groups in total. The molecular weight excluding hydrogens is 222 g/mol. The van der Waals surface area contributed by atoms with E-state index in [0.29, 0.717) is 18.1 Å². The van der Waals surface area contributed by atoms with Crippen molar-refractivity contribution in [1.82, 2.24) is 15.1 Å². The molecule has 0 radical (unpaired) electrons. The number of hydrogen-bond donors (Lipinski definition) is 1. The van der Waals surface area contributed by atoms with Crippen molar-refractivity contribution < 1.29 is 0 Å². The van der Waals surface area contributed by atoms with Gasteiger partial charge in [-0.05, 0) is 33.0 Å². The van der Waals surface area contributed by atoms with Gasteiger partial charge in [0.15, 0.2) is 0 Å². The monoisotopic (exact) mass is 245 g/mol. The Bertz CT molecular complexity index is 421. The zero-order chi connectivity index (χ0) is 12.7. The Kier molecular flexibility index (Phi) is 2.84. The van der Waals surface area contributed by atoms with Gasteiger partial charge in [0.2, 0.25) is 0 Å². The van der Waals surface area contributed by atoms with E-state index in [-0.39, 0.29) is 0 Å². The first-order valence-corrected chi connectivity index (χ1v) is 7.01. The molecule has 3 unspecified atom stereocenters. The summed E-state index contributed by atoms with van der Waals surface area (Å²) in [5.41, 5.74) is 3.01. The highest BCUT2D eigenvalue weighted by Gasteiger charge is 2.32. The molecule has 3 aliphatic rings. The lowest BCUT2D eigenvalue weighted by atomic mass is 10.1. The number of hydrogen-bond acceptors (Lipinski definition) is 3. The van der Waals surface area contributed by atoms with Crippen molar-refractivity contribution in [2.45, 2.75) is 45.3 Å². The highest BCUT2D eigenvalue weighted by Crippen LogP contribution is 2.32. The maximum atomic E-state index is 3.39. The maximum absolute atomic E-state index is 3.39. The van der Waals surface area contributed by atoms with Crippen LogP contribution in [0.4, 0.5) is 0 Å². The molecule has 98 valence electrons. The summed E-state index contributed by atoms with van der Waals surface area (Å²) < 4.78 is 0. The van der Waals surface area contributed by atoms with Gasteiger partial charge in [-0.25, -0.2) is 0 Å². The Balaban J connectivity index is 1.80. The number of nitrogens with zero attached hydrogens (tertiary/aromatic N) is 2. The second kappa shape index (κ2) is 4.38. The summed E-state index contributed by atoms with van der Waals surface area (Å²) in [5.74, 6) is 0. The molecule has 3 atom stereocenters. The van der Waals surface area contributed by atoms with Gasteiger partial charge in [0.25, 0.3) is 0 Å². The van der Waals surface area contributed by atoms with Gasteiger partial charge in [0, 0.05) is 43.0 Å². The van der Waals surface area contributed by atoms with Crippen LogP contribution in [0.25, 0.3) is 0 Å². The predicted octanol–water partition coefficient (Wildman–Crippen LogP) is 2.06. The maximum Gasteiger partial charge on any atom is 0.0686 e. The fraction of sp³-hybridized carbons (Fsp3) is 0.600. The zero-order valence-electron chi connectivity index (χ0n) is 11.6. The third-order valence-electron chi connectivity index (χ3n) is 4.52. The average Bonchev–Trinajstić information content (AvgIpc) is 3.01. The number of allylic oxidation sites excluding steroid dienone is 1. The first kappa shape index (κ1) is 11.7. The van der Waals surface area contributed by atoms with Crippen LogP contribution in [-0.4, -0.2) is 41.0 Å². The topological polar surface area (TPSA) is 18.5 Å². The summed E-state index contributed by atoms with van der Waals surface area (Å²) in [6.07, 6.45) is 10.2. The van der Waals surface area contributed by atoms with Gasteiger partial charge < -0.3 is 15.1 Å². The molecule has 3 nitrogen and oxygen atoms in total. The molecule has 0 saturated carbocycles. The SMILES string of the molecule is CC1=C(N2CC=CC2C)CCN1C1C=CNC1C. The first-order valence-electron chi connectivity index (χ1n) is 7.01. The lowest BCUT2D eigenvalue weighted by Gasteiger charge is -2.31. The van der Waals surface area contributed by atoms with Crippen LogP contribution in [-0.2, 0) is 0 Å². The third-order valence-corrected chi connectivity index (χ3v) is 4.52. The van der Waals surface area contributed by atoms with Crippen molar-refractivity contribution in [2.75, 3.05) is 13.1 Å². The summed E-state index contributed by atoms with van der Waals surface area (Å²) in [5, 5.41) is 3.39. The van der Waals surface area contributed by atoms with Gasteiger partial charge in [-0.2, -0.15) is 0 Å². The molecule has 3 heteroatoms. The van der Waals surface area contributed by atoms with Crippen LogP contribution in [0.5, 0.6) is 0 Å². The summed E-state index contributed by atoms with van der Waals surface area (Å²) in [6.45, 7) is 9.07. The van der Waals surface area contributed by atoms with E-state index < -0.39 is 0 Å². The van der Waals surface area contributed by atoms with Gasteiger partial charge >= 0.3 is 0 Å². The third kappa shape index (κ3) is 1.73. The van der Waals surface area contributed by atoms with Crippen LogP contribution in [0, 0.1) is 0 Å². The molecule has 0 spiro atoms.